The lowest BCUT2D eigenvalue weighted by Gasteiger charge is -1.89. The zero-order valence-electron chi connectivity index (χ0n) is 8.73. The Morgan fingerprint density at radius 1 is 1.50 bits per heavy atom. The SMILES string of the molecule is CCCCOC.Nc1ccc(O)cn1. The van der Waals surface area contributed by atoms with Crippen LogP contribution in [0.25, 0.3) is 0 Å². The fourth-order valence-electron chi connectivity index (χ4n) is 0.686. The molecular formula is C10H18N2O2. The van der Waals surface area contributed by atoms with Crippen LogP contribution in [0, 0.1) is 0 Å². The smallest absolute Gasteiger partial charge is 0.134 e. The van der Waals surface area contributed by atoms with Crippen molar-refractivity contribution in [1.29, 1.82) is 0 Å². The molecule has 0 aliphatic rings. The molecule has 0 saturated carbocycles. The van der Waals surface area contributed by atoms with Gasteiger partial charge < -0.3 is 15.6 Å². The second kappa shape index (κ2) is 8.31. The molecule has 0 spiro atoms. The first-order chi connectivity index (χ1) is 6.70. The molecule has 14 heavy (non-hydrogen) atoms. The Labute approximate surface area is 84.7 Å². The van der Waals surface area contributed by atoms with E-state index in [0.29, 0.717) is 5.82 Å². The third-order valence-electron chi connectivity index (χ3n) is 1.47. The van der Waals surface area contributed by atoms with E-state index in [1.165, 1.54) is 31.2 Å². The van der Waals surface area contributed by atoms with E-state index in [9.17, 15) is 0 Å². The zero-order chi connectivity index (χ0) is 10.8. The van der Waals surface area contributed by atoms with Crippen molar-refractivity contribution in [3.8, 4) is 5.75 Å². The lowest BCUT2D eigenvalue weighted by molar-refractivity contribution is 0.194. The highest BCUT2D eigenvalue weighted by molar-refractivity contribution is 5.31. The van der Waals surface area contributed by atoms with Crippen LogP contribution < -0.4 is 5.73 Å². The summed E-state index contributed by atoms with van der Waals surface area (Å²) < 4.78 is 4.78. The first-order valence-electron chi connectivity index (χ1n) is 4.60. The van der Waals surface area contributed by atoms with Gasteiger partial charge in [-0.15, -0.1) is 0 Å². The number of anilines is 1. The van der Waals surface area contributed by atoms with E-state index < -0.39 is 0 Å². The maximum absolute atomic E-state index is 8.64. The van der Waals surface area contributed by atoms with Gasteiger partial charge in [0.1, 0.15) is 11.6 Å². The van der Waals surface area contributed by atoms with Crippen LogP contribution >= 0.6 is 0 Å². The summed E-state index contributed by atoms with van der Waals surface area (Å²) in [6.07, 6.45) is 3.72. The first-order valence-corrected chi connectivity index (χ1v) is 4.60. The normalized spacial score (nSPS) is 9.00. The molecule has 0 fully saturated rings. The summed E-state index contributed by atoms with van der Waals surface area (Å²) in [7, 11) is 1.73. The van der Waals surface area contributed by atoms with Crippen LogP contribution in [0.2, 0.25) is 0 Å². The van der Waals surface area contributed by atoms with E-state index in [4.69, 9.17) is 15.6 Å². The molecule has 4 nitrogen and oxygen atoms in total. The number of ether oxygens (including phenoxy) is 1. The molecule has 0 amide bonds. The number of nitrogens with zero attached hydrogens (tertiary/aromatic N) is 1. The van der Waals surface area contributed by atoms with Crippen molar-refractivity contribution in [2.24, 2.45) is 0 Å². The standard InChI is InChI=1S/C5H6N2O.C5H12O/c6-5-2-1-4(8)3-7-5;1-3-4-5-6-2/h1-3,8H,(H2,6,7);3-5H2,1-2H3. The topological polar surface area (TPSA) is 68.4 Å². The van der Waals surface area contributed by atoms with Gasteiger partial charge in [-0.3, -0.25) is 0 Å². The predicted molar refractivity (Wildman–Crippen MR) is 57.1 cm³/mol. The molecule has 0 atom stereocenters. The molecular weight excluding hydrogens is 180 g/mol. The molecule has 1 rings (SSSR count). The number of aromatic hydroxyl groups is 1. The van der Waals surface area contributed by atoms with E-state index in [0.717, 1.165) is 6.61 Å². The van der Waals surface area contributed by atoms with Gasteiger partial charge in [0.05, 0.1) is 6.20 Å². The number of hydrogen-bond acceptors (Lipinski definition) is 4. The molecule has 1 aromatic rings. The van der Waals surface area contributed by atoms with Crippen molar-refractivity contribution in [2.45, 2.75) is 19.8 Å². The largest absolute Gasteiger partial charge is 0.506 e. The minimum Gasteiger partial charge on any atom is -0.506 e. The quantitative estimate of drug-likeness (QED) is 0.727. The van der Waals surface area contributed by atoms with Crippen LogP contribution in [0.3, 0.4) is 0 Å². The molecule has 1 aromatic heterocycles. The lowest BCUT2D eigenvalue weighted by atomic mass is 10.4. The van der Waals surface area contributed by atoms with Crippen LogP contribution in [-0.4, -0.2) is 23.8 Å². The van der Waals surface area contributed by atoms with Gasteiger partial charge in [0.15, 0.2) is 0 Å². The first kappa shape index (κ1) is 12.7. The highest BCUT2D eigenvalue weighted by atomic mass is 16.5. The number of nitrogen functional groups attached to an aromatic ring is 1. The van der Waals surface area contributed by atoms with Crippen LogP contribution in [0.1, 0.15) is 19.8 Å². The molecule has 0 bridgehead atoms. The predicted octanol–water partition coefficient (Wildman–Crippen LogP) is 1.80. The number of methoxy groups -OCH3 is 1. The second-order valence-corrected chi connectivity index (χ2v) is 2.79. The van der Waals surface area contributed by atoms with E-state index in [1.54, 1.807) is 7.11 Å². The van der Waals surface area contributed by atoms with Crippen LogP contribution in [0.15, 0.2) is 18.3 Å². The van der Waals surface area contributed by atoms with Gasteiger partial charge in [-0.2, -0.15) is 0 Å². The van der Waals surface area contributed by atoms with Crippen molar-refractivity contribution in [2.75, 3.05) is 19.5 Å². The summed E-state index contributed by atoms with van der Waals surface area (Å²) in [4.78, 5) is 3.61. The summed E-state index contributed by atoms with van der Waals surface area (Å²) in [5.41, 5.74) is 5.20. The number of pyridine rings is 1. The molecule has 80 valence electrons. The third kappa shape index (κ3) is 7.36. The molecule has 0 radical (unpaired) electrons. The highest BCUT2D eigenvalue weighted by Gasteiger charge is 1.83. The fourth-order valence-corrected chi connectivity index (χ4v) is 0.686. The van der Waals surface area contributed by atoms with E-state index in [1.807, 2.05) is 0 Å². The van der Waals surface area contributed by atoms with E-state index >= 15 is 0 Å². The average molecular weight is 198 g/mol. The Balaban J connectivity index is 0.000000255. The van der Waals surface area contributed by atoms with Crippen molar-refractivity contribution in [1.82, 2.24) is 4.98 Å². The minimum atomic E-state index is 0.138. The van der Waals surface area contributed by atoms with Gasteiger partial charge in [-0.05, 0) is 18.6 Å². The van der Waals surface area contributed by atoms with Gasteiger partial charge in [0.25, 0.3) is 0 Å². The minimum absolute atomic E-state index is 0.138. The van der Waals surface area contributed by atoms with Gasteiger partial charge in [-0.25, -0.2) is 4.98 Å². The van der Waals surface area contributed by atoms with Gasteiger partial charge >= 0.3 is 0 Å². The highest BCUT2D eigenvalue weighted by Crippen LogP contribution is 2.05. The number of unbranched alkanes of at least 4 members (excludes halogenated alkanes) is 1. The molecule has 3 N–H and O–H groups in total. The van der Waals surface area contributed by atoms with Crippen molar-refractivity contribution >= 4 is 5.82 Å². The second-order valence-electron chi connectivity index (χ2n) is 2.79. The Bertz CT molecular complexity index is 199. The summed E-state index contributed by atoms with van der Waals surface area (Å²) in [6, 6.07) is 3.03. The maximum atomic E-state index is 8.64. The van der Waals surface area contributed by atoms with Crippen LogP contribution in [0.4, 0.5) is 5.82 Å². The summed E-state index contributed by atoms with van der Waals surface area (Å²) in [6.45, 7) is 3.07. The molecule has 0 aliphatic heterocycles. The Kier molecular flexibility index (Phi) is 7.55. The van der Waals surface area contributed by atoms with Crippen molar-refractivity contribution in [3.63, 3.8) is 0 Å². The Hall–Kier alpha value is -1.29. The Morgan fingerprint density at radius 2 is 2.21 bits per heavy atom. The monoisotopic (exact) mass is 198 g/mol. The molecule has 0 unspecified atom stereocenters. The summed E-state index contributed by atoms with van der Waals surface area (Å²) in [5.74, 6) is 0.557. The third-order valence-corrected chi connectivity index (χ3v) is 1.47. The maximum Gasteiger partial charge on any atom is 0.134 e. The average Bonchev–Trinajstić information content (AvgIpc) is 2.20. The van der Waals surface area contributed by atoms with E-state index in [2.05, 4.69) is 11.9 Å². The molecule has 4 heteroatoms. The molecule has 0 saturated heterocycles. The van der Waals surface area contributed by atoms with E-state index in [-0.39, 0.29) is 5.75 Å². The van der Waals surface area contributed by atoms with Gasteiger partial charge in [0.2, 0.25) is 0 Å². The molecule has 0 aromatic carbocycles. The number of rotatable bonds is 3. The fraction of sp³-hybridized carbons (Fsp3) is 0.500. The number of nitrogens with two attached hydrogens (primary N) is 1. The zero-order valence-corrected chi connectivity index (χ0v) is 8.73. The number of aromatic nitrogens is 1. The Morgan fingerprint density at radius 3 is 2.50 bits per heavy atom. The lowest BCUT2D eigenvalue weighted by Crippen LogP contribution is -1.85. The summed E-state index contributed by atoms with van der Waals surface area (Å²) in [5, 5.41) is 8.64. The molecule has 1 heterocycles. The van der Waals surface area contributed by atoms with Crippen molar-refractivity contribution in [3.05, 3.63) is 18.3 Å². The van der Waals surface area contributed by atoms with Gasteiger partial charge in [0, 0.05) is 13.7 Å². The van der Waals surface area contributed by atoms with Crippen LogP contribution in [0.5, 0.6) is 5.75 Å². The van der Waals surface area contributed by atoms with Crippen LogP contribution in [-0.2, 0) is 4.74 Å². The van der Waals surface area contributed by atoms with Gasteiger partial charge in [-0.1, -0.05) is 13.3 Å². The van der Waals surface area contributed by atoms with Crippen molar-refractivity contribution < 1.29 is 9.84 Å². The summed E-state index contributed by atoms with van der Waals surface area (Å²) >= 11 is 0. The number of hydrogen-bond donors (Lipinski definition) is 2. The molecule has 0 aliphatic carbocycles.